The van der Waals surface area contributed by atoms with E-state index < -0.39 is 0 Å². The van der Waals surface area contributed by atoms with Crippen LogP contribution in [0.15, 0.2) is 54.0 Å². The number of allylic oxidation sites excluding steroid dienone is 1. The van der Waals surface area contributed by atoms with Crippen molar-refractivity contribution in [3.63, 3.8) is 0 Å². The standard InChI is InChI=1S/C20H23N3O/c1-13-20(21)23-18-11-14(9-10-19(18)24-13)12-22-17-8-4-6-15-5-2-3-7-16(15)17/h2-3,5,7,9-11,17,22-23H,4,6,8,12,21H2,1H3. The summed E-state index contributed by atoms with van der Waals surface area (Å²) in [4.78, 5) is 0. The average molecular weight is 321 g/mol. The largest absolute Gasteiger partial charge is 0.456 e. The van der Waals surface area contributed by atoms with Gasteiger partial charge < -0.3 is 21.1 Å². The summed E-state index contributed by atoms with van der Waals surface area (Å²) in [6, 6.07) is 15.4. The van der Waals surface area contributed by atoms with Gasteiger partial charge in [0.05, 0.1) is 5.69 Å². The van der Waals surface area contributed by atoms with Gasteiger partial charge >= 0.3 is 0 Å². The molecule has 4 rings (SSSR count). The second-order valence-corrected chi connectivity index (χ2v) is 6.55. The molecular weight excluding hydrogens is 298 g/mol. The number of hydrogen-bond acceptors (Lipinski definition) is 4. The molecule has 0 radical (unpaired) electrons. The van der Waals surface area contributed by atoms with Crippen LogP contribution in [0.4, 0.5) is 5.69 Å². The van der Waals surface area contributed by atoms with Gasteiger partial charge in [-0.3, -0.25) is 0 Å². The maximum Gasteiger partial charge on any atom is 0.150 e. The van der Waals surface area contributed by atoms with Crippen LogP contribution in [-0.2, 0) is 13.0 Å². The van der Waals surface area contributed by atoms with Crippen molar-refractivity contribution < 1.29 is 4.74 Å². The van der Waals surface area contributed by atoms with Gasteiger partial charge in [0.2, 0.25) is 0 Å². The Morgan fingerprint density at radius 3 is 3.04 bits per heavy atom. The van der Waals surface area contributed by atoms with Crippen LogP contribution in [0, 0.1) is 0 Å². The van der Waals surface area contributed by atoms with Crippen molar-refractivity contribution in [2.75, 3.05) is 5.32 Å². The molecule has 4 N–H and O–H groups in total. The van der Waals surface area contributed by atoms with E-state index in [9.17, 15) is 0 Å². The van der Waals surface area contributed by atoms with E-state index in [4.69, 9.17) is 10.5 Å². The first-order chi connectivity index (χ1) is 11.7. The van der Waals surface area contributed by atoms with Crippen molar-refractivity contribution in [1.29, 1.82) is 0 Å². The molecule has 4 nitrogen and oxygen atoms in total. The minimum Gasteiger partial charge on any atom is -0.456 e. The van der Waals surface area contributed by atoms with Crippen LogP contribution < -0.4 is 21.1 Å². The fourth-order valence-corrected chi connectivity index (χ4v) is 3.53. The molecule has 124 valence electrons. The highest BCUT2D eigenvalue weighted by molar-refractivity contribution is 5.63. The molecule has 1 atom stereocenters. The van der Waals surface area contributed by atoms with Gasteiger partial charge in [-0.15, -0.1) is 0 Å². The minimum atomic E-state index is 0.433. The van der Waals surface area contributed by atoms with Crippen molar-refractivity contribution in [1.82, 2.24) is 5.32 Å². The topological polar surface area (TPSA) is 59.3 Å². The lowest BCUT2D eigenvalue weighted by atomic mass is 9.87. The molecule has 2 aromatic carbocycles. The third-order valence-corrected chi connectivity index (χ3v) is 4.88. The lowest BCUT2D eigenvalue weighted by molar-refractivity contribution is 0.415. The summed E-state index contributed by atoms with van der Waals surface area (Å²) in [7, 11) is 0. The van der Waals surface area contributed by atoms with Crippen LogP contribution in [-0.4, -0.2) is 0 Å². The number of aryl methyl sites for hydroxylation is 1. The van der Waals surface area contributed by atoms with Gasteiger partial charge in [0.15, 0.2) is 5.75 Å². The van der Waals surface area contributed by atoms with Gasteiger partial charge in [-0.1, -0.05) is 30.3 Å². The van der Waals surface area contributed by atoms with Crippen LogP contribution in [0.2, 0.25) is 0 Å². The zero-order valence-corrected chi connectivity index (χ0v) is 13.9. The van der Waals surface area contributed by atoms with Crippen LogP contribution in [0.5, 0.6) is 5.75 Å². The molecule has 2 aliphatic rings. The summed E-state index contributed by atoms with van der Waals surface area (Å²) >= 11 is 0. The fraction of sp³-hybridized carbons (Fsp3) is 0.300. The number of ether oxygens (including phenoxy) is 1. The van der Waals surface area contributed by atoms with E-state index >= 15 is 0 Å². The summed E-state index contributed by atoms with van der Waals surface area (Å²) in [5, 5.41) is 6.92. The lowest BCUT2D eigenvalue weighted by Gasteiger charge is -2.27. The minimum absolute atomic E-state index is 0.433. The van der Waals surface area contributed by atoms with Crippen LogP contribution >= 0.6 is 0 Å². The molecular formula is C20H23N3O. The highest BCUT2D eigenvalue weighted by atomic mass is 16.5. The fourth-order valence-electron chi connectivity index (χ4n) is 3.53. The molecule has 24 heavy (non-hydrogen) atoms. The maximum atomic E-state index is 5.92. The Balaban J connectivity index is 1.48. The highest BCUT2D eigenvalue weighted by Crippen LogP contribution is 2.33. The molecule has 0 saturated heterocycles. The van der Waals surface area contributed by atoms with Crippen LogP contribution in [0.25, 0.3) is 0 Å². The van der Waals surface area contributed by atoms with Gasteiger partial charge in [0, 0.05) is 12.6 Å². The first-order valence-electron chi connectivity index (χ1n) is 8.56. The van der Waals surface area contributed by atoms with Gasteiger partial charge in [-0.2, -0.15) is 0 Å². The SMILES string of the molecule is CC1=C(N)Nc2cc(CNC3CCCc4ccccc43)ccc2O1. The average Bonchev–Trinajstić information content (AvgIpc) is 2.61. The molecule has 0 spiro atoms. The second-order valence-electron chi connectivity index (χ2n) is 6.55. The summed E-state index contributed by atoms with van der Waals surface area (Å²) < 4.78 is 5.71. The number of fused-ring (bicyclic) bond motifs is 2. The third kappa shape index (κ3) is 2.85. The molecule has 1 heterocycles. The second kappa shape index (κ2) is 6.21. The Morgan fingerprint density at radius 1 is 1.25 bits per heavy atom. The number of benzene rings is 2. The summed E-state index contributed by atoms with van der Waals surface area (Å²) in [5.41, 5.74) is 11.0. The lowest BCUT2D eigenvalue weighted by Crippen LogP contribution is -2.25. The quantitative estimate of drug-likeness (QED) is 0.804. The number of rotatable bonds is 3. The Bertz CT molecular complexity index is 797. The predicted molar refractivity (Wildman–Crippen MR) is 96.5 cm³/mol. The van der Waals surface area contributed by atoms with Crippen LogP contribution in [0.1, 0.15) is 42.5 Å². The number of nitrogens with two attached hydrogens (primary N) is 1. The Morgan fingerprint density at radius 2 is 2.12 bits per heavy atom. The van der Waals surface area contributed by atoms with Gasteiger partial charge in [-0.05, 0) is 55.0 Å². The van der Waals surface area contributed by atoms with Gasteiger partial charge in [0.1, 0.15) is 11.6 Å². The Labute approximate surface area is 142 Å². The van der Waals surface area contributed by atoms with Gasteiger partial charge in [-0.25, -0.2) is 0 Å². The van der Waals surface area contributed by atoms with Gasteiger partial charge in [0.25, 0.3) is 0 Å². The summed E-state index contributed by atoms with van der Waals surface area (Å²) in [6.45, 7) is 2.69. The third-order valence-electron chi connectivity index (χ3n) is 4.88. The molecule has 1 aliphatic carbocycles. The zero-order valence-electron chi connectivity index (χ0n) is 13.9. The molecule has 4 heteroatoms. The molecule has 0 bridgehead atoms. The first kappa shape index (κ1) is 15.1. The van der Waals surface area contributed by atoms with Crippen molar-refractivity contribution >= 4 is 5.69 Å². The Kier molecular flexibility index (Phi) is 3.90. The monoisotopic (exact) mass is 321 g/mol. The molecule has 2 aromatic rings. The van der Waals surface area contributed by atoms with Crippen molar-refractivity contribution in [2.45, 2.75) is 38.8 Å². The normalized spacial score (nSPS) is 19.1. The number of anilines is 1. The summed E-state index contributed by atoms with van der Waals surface area (Å²) in [5.74, 6) is 2.12. The van der Waals surface area contributed by atoms with E-state index in [2.05, 4.69) is 47.0 Å². The predicted octanol–water partition coefficient (Wildman–Crippen LogP) is 3.81. The van der Waals surface area contributed by atoms with E-state index in [1.54, 1.807) is 0 Å². The molecule has 0 saturated carbocycles. The van der Waals surface area contributed by atoms with Crippen LogP contribution in [0.3, 0.4) is 0 Å². The molecule has 0 amide bonds. The van der Waals surface area contributed by atoms with E-state index in [1.807, 2.05) is 13.0 Å². The molecule has 1 aliphatic heterocycles. The molecule has 0 aromatic heterocycles. The van der Waals surface area contributed by atoms with E-state index in [0.29, 0.717) is 17.6 Å². The Hall–Kier alpha value is -2.46. The smallest absolute Gasteiger partial charge is 0.150 e. The first-order valence-corrected chi connectivity index (χ1v) is 8.56. The van der Waals surface area contributed by atoms with E-state index in [0.717, 1.165) is 18.0 Å². The van der Waals surface area contributed by atoms with E-state index in [1.165, 1.54) is 36.0 Å². The van der Waals surface area contributed by atoms with Crippen molar-refractivity contribution in [3.05, 3.63) is 70.7 Å². The highest BCUT2D eigenvalue weighted by Gasteiger charge is 2.19. The molecule has 0 fully saturated rings. The van der Waals surface area contributed by atoms with Crippen molar-refractivity contribution in [2.24, 2.45) is 5.73 Å². The van der Waals surface area contributed by atoms with E-state index in [-0.39, 0.29) is 0 Å². The maximum absolute atomic E-state index is 5.92. The zero-order chi connectivity index (χ0) is 16.5. The number of nitrogens with one attached hydrogen (secondary N) is 2. The summed E-state index contributed by atoms with van der Waals surface area (Å²) in [6.07, 6.45) is 3.63. The molecule has 1 unspecified atom stereocenters. The van der Waals surface area contributed by atoms with Crippen molar-refractivity contribution in [3.8, 4) is 5.75 Å². The number of hydrogen-bond donors (Lipinski definition) is 3.